The molecule has 1 aliphatic carbocycles. The highest BCUT2D eigenvalue weighted by Crippen LogP contribution is 2.34. The quantitative estimate of drug-likeness (QED) is 0.743. The van der Waals surface area contributed by atoms with Crippen molar-refractivity contribution in [3.8, 4) is 22.6 Å². The van der Waals surface area contributed by atoms with Crippen molar-refractivity contribution in [1.29, 1.82) is 0 Å². The Morgan fingerprint density at radius 1 is 1.16 bits per heavy atom. The van der Waals surface area contributed by atoms with Gasteiger partial charge in [0.1, 0.15) is 11.5 Å². The zero-order valence-corrected chi connectivity index (χ0v) is 14.4. The van der Waals surface area contributed by atoms with Crippen LogP contribution in [0.2, 0.25) is 0 Å². The standard InChI is InChI=1S/C18H18F2N2O2S/c1-23-14-7-2-11(3-8-14)15-10-13(6-9-16(15)24-17(19)20)22-18(25)21-12-4-5-12/h2-3,6-10,12,17H,4-5H2,1H3,(H2,21,22,25). The van der Waals surface area contributed by atoms with Crippen molar-refractivity contribution >= 4 is 23.0 Å². The number of anilines is 1. The maximum absolute atomic E-state index is 12.7. The van der Waals surface area contributed by atoms with Crippen LogP contribution in [0.3, 0.4) is 0 Å². The molecule has 132 valence electrons. The van der Waals surface area contributed by atoms with Gasteiger partial charge in [0, 0.05) is 17.3 Å². The number of benzene rings is 2. The Hall–Kier alpha value is -2.41. The van der Waals surface area contributed by atoms with E-state index in [2.05, 4.69) is 15.4 Å². The summed E-state index contributed by atoms with van der Waals surface area (Å²) in [4.78, 5) is 0. The summed E-state index contributed by atoms with van der Waals surface area (Å²) in [6.45, 7) is -2.89. The van der Waals surface area contributed by atoms with E-state index in [1.165, 1.54) is 6.07 Å². The van der Waals surface area contributed by atoms with Gasteiger partial charge < -0.3 is 20.1 Å². The Bertz CT molecular complexity index is 749. The number of nitrogens with one attached hydrogen (secondary N) is 2. The Morgan fingerprint density at radius 2 is 1.88 bits per heavy atom. The molecule has 0 amide bonds. The van der Waals surface area contributed by atoms with E-state index in [1.807, 2.05) is 0 Å². The van der Waals surface area contributed by atoms with Gasteiger partial charge in [0.2, 0.25) is 0 Å². The van der Waals surface area contributed by atoms with Crippen LogP contribution in [-0.4, -0.2) is 24.9 Å². The molecule has 0 aromatic heterocycles. The maximum atomic E-state index is 12.7. The Labute approximate surface area is 150 Å². The molecule has 2 aromatic rings. The number of thiocarbonyl (C=S) groups is 1. The van der Waals surface area contributed by atoms with Crippen LogP contribution in [-0.2, 0) is 0 Å². The van der Waals surface area contributed by atoms with Crippen LogP contribution in [0.1, 0.15) is 12.8 Å². The Balaban J connectivity index is 1.87. The molecular formula is C18H18F2N2O2S. The molecule has 0 unspecified atom stereocenters. The summed E-state index contributed by atoms with van der Waals surface area (Å²) >= 11 is 5.26. The summed E-state index contributed by atoms with van der Waals surface area (Å²) < 4.78 is 35.2. The average molecular weight is 364 g/mol. The molecule has 2 N–H and O–H groups in total. The number of methoxy groups -OCH3 is 1. The third-order valence-electron chi connectivity index (χ3n) is 3.77. The first-order valence-electron chi connectivity index (χ1n) is 7.86. The topological polar surface area (TPSA) is 42.5 Å². The van der Waals surface area contributed by atoms with Gasteiger partial charge in [-0.1, -0.05) is 12.1 Å². The highest BCUT2D eigenvalue weighted by atomic mass is 32.1. The van der Waals surface area contributed by atoms with Crippen LogP contribution < -0.4 is 20.1 Å². The van der Waals surface area contributed by atoms with E-state index in [4.69, 9.17) is 17.0 Å². The van der Waals surface area contributed by atoms with Gasteiger partial charge in [0.15, 0.2) is 5.11 Å². The summed E-state index contributed by atoms with van der Waals surface area (Å²) in [7, 11) is 1.57. The SMILES string of the molecule is COc1ccc(-c2cc(NC(=S)NC3CC3)ccc2OC(F)F)cc1. The van der Waals surface area contributed by atoms with E-state index in [-0.39, 0.29) is 5.75 Å². The van der Waals surface area contributed by atoms with Crippen molar-refractivity contribution in [2.75, 3.05) is 12.4 Å². The fourth-order valence-electron chi connectivity index (χ4n) is 2.38. The maximum Gasteiger partial charge on any atom is 0.387 e. The van der Waals surface area contributed by atoms with E-state index in [9.17, 15) is 8.78 Å². The van der Waals surface area contributed by atoms with Crippen molar-refractivity contribution in [2.45, 2.75) is 25.5 Å². The number of halogens is 2. The number of rotatable bonds is 6. The van der Waals surface area contributed by atoms with Gasteiger partial charge in [-0.3, -0.25) is 0 Å². The summed E-state index contributed by atoms with van der Waals surface area (Å²) in [6.07, 6.45) is 2.22. The van der Waals surface area contributed by atoms with Crippen molar-refractivity contribution in [2.24, 2.45) is 0 Å². The minimum absolute atomic E-state index is 0.104. The molecule has 0 saturated heterocycles. The lowest BCUT2D eigenvalue weighted by Gasteiger charge is -2.15. The molecule has 0 radical (unpaired) electrons. The van der Waals surface area contributed by atoms with E-state index in [0.717, 1.165) is 18.4 Å². The number of ether oxygens (including phenoxy) is 2. The summed E-state index contributed by atoms with van der Waals surface area (Å²) in [5.74, 6) is 0.788. The Morgan fingerprint density at radius 3 is 2.48 bits per heavy atom. The van der Waals surface area contributed by atoms with Gasteiger partial charge in [0.05, 0.1) is 7.11 Å². The highest BCUT2D eigenvalue weighted by molar-refractivity contribution is 7.80. The molecule has 2 aromatic carbocycles. The van der Waals surface area contributed by atoms with Gasteiger partial charge in [-0.2, -0.15) is 8.78 Å². The number of hydrogen-bond donors (Lipinski definition) is 2. The van der Waals surface area contributed by atoms with E-state index < -0.39 is 6.61 Å². The first-order chi connectivity index (χ1) is 12.0. The number of alkyl halides is 2. The van der Waals surface area contributed by atoms with Crippen molar-refractivity contribution in [3.63, 3.8) is 0 Å². The molecule has 0 aliphatic heterocycles. The lowest BCUT2D eigenvalue weighted by Crippen LogP contribution is -2.30. The second kappa shape index (κ2) is 7.65. The van der Waals surface area contributed by atoms with Gasteiger partial charge in [-0.25, -0.2) is 0 Å². The molecule has 1 fully saturated rings. The van der Waals surface area contributed by atoms with E-state index in [0.29, 0.717) is 28.2 Å². The van der Waals surface area contributed by atoms with Gasteiger partial charge >= 0.3 is 6.61 Å². The molecule has 7 heteroatoms. The monoisotopic (exact) mass is 364 g/mol. The second-order valence-corrected chi connectivity index (χ2v) is 6.10. The fourth-order valence-corrected chi connectivity index (χ4v) is 2.67. The molecule has 25 heavy (non-hydrogen) atoms. The van der Waals surface area contributed by atoms with Gasteiger partial charge in [0.25, 0.3) is 0 Å². The lowest BCUT2D eigenvalue weighted by molar-refractivity contribution is -0.0494. The second-order valence-electron chi connectivity index (χ2n) is 5.69. The smallest absolute Gasteiger partial charge is 0.387 e. The van der Waals surface area contributed by atoms with E-state index in [1.54, 1.807) is 43.5 Å². The fraction of sp³-hybridized carbons (Fsp3) is 0.278. The predicted molar refractivity (Wildman–Crippen MR) is 97.4 cm³/mol. The highest BCUT2D eigenvalue weighted by Gasteiger charge is 2.22. The molecule has 0 atom stereocenters. The predicted octanol–water partition coefficient (Wildman–Crippen LogP) is 4.41. The largest absolute Gasteiger partial charge is 0.497 e. The molecule has 1 aliphatic rings. The normalized spacial score (nSPS) is 13.4. The van der Waals surface area contributed by atoms with Gasteiger partial charge in [-0.15, -0.1) is 0 Å². The zero-order chi connectivity index (χ0) is 17.8. The molecule has 0 spiro atoms. The van der Waals surface area contributed by atoms with Crippen LogP contribution in [0.25, 0.3) is 11.1 Å². The minimum atomic E-state index is -2.89. The van der Waals surface area contributed by atoms with Crippen LogP contribution in [0.4, 0.5) is 14.5 Å². The van der Waals surface area contributed by atoms with E-state index >= 15 is 0 Å². The Kier molecular flexibility index (Phi) is 5.33. The first kappa shape index (κ1) is 17.4. The molecule has 0 bridgehead atoms. The number of hydrogen-bond acceptors (Lipinski definition) is 3. The molecule has 1 saturated carbocycles. The van der Waals surface area contributed by atoms with Crippen molar-refractivity contribution < 1.29 is 18.3 Å². The third-order valence-corrected chi connectivity index (χ3v) is 3.99. The first-order valence-corrected chi connectivity index (χ1v) is 8.27. The van der Waals surface area contributed by atoms with Crippen LogP contribution >= 0.6 is 12.2 Å². The van der Waals surface area contributed by atoms with Crippen molar-refractivity contribution in [3.05, 3.63) is 42.5 Å². The van der Waals surface area contributed by atoms with Crippen LogP contribution in [0.15, 0.2) is 42.5 Å². The van der Waals surface area contributed by atoms with Crippen LogP contribution in [0.5, 0.6) is 11.5 Å². The molecular weight excluding hydrogens is 346 g/mol. The van der Waals surface area contributed by atoms with Crippen LogP contribution in [0, 0.1) is 0 Å². The molecule has 4 nitrogen and oxygen atoms in total. The molecule has 3 rings (SSSR count). The minimum Gasteiger partial charge on any atom is -0.497 e. The van der Waals surface area contributed by atoms with Gasteiger partial charge in [-0.05, 0) is 61.0 Å². The van der Waals surface area contributed by atoms with Crippen molar-refractivity contribution in [1.82, 2.24) is 5.32 Å². The average Bonchev–Trinajstić information content (AvgIpc) is 3.40. The molecule has 0 heterocycles. The lowest BCUT2D eigenvalue weighted by atomic mass is 10.0. The summed E-state index contributed by atoms with van der Waals surface area (Å²) in [5, 5.41) is 6.77. The summed E-state index contributed by atoms with van der Waals surface area (Å²) in [6, 6.07) is 12.4. The third kappa shape index (κ3) is 4.79. The zero-order valence-electron chi connectivity index (χ0n) is 13.6. The summed E-state index contributed by atoms with van der Waals surface area (Å²) in [5.41, 5.74) is 1.98.